The fourth-order valence-electron chi connectivity index (χ4n) is 5.22. The summed E-state index contributed by atoms with van der Waals surface area (Å²) in [5, 5.41) is 15.9. The lowest BCUT2D eigenvalue weighted by molar-refractivity contribution is 0.262. The average molecular weight is 588 g/mol. The summed E-state index contributed by atoms with van der Waals surface area (Å²) in [7, 11) is 1.90. The van der Waals surface area contributed by atoms with Crippen molar-refractivity contribution in [3.05, 3.63) is 103 Å². The number of aryl methyl sites for hydroxylation is 1. The van der Waals surface area contributed by atoms with E-state index in [0.29, 0.717) is 24.7 Å². The summed E-state index contributed by atoms with van der Waals surface area (Å²) in [6.45, 7) is 9.46. The van der Waals surface area contributed by atoms with Crippen LogP contribution in [0.25, 0.3) is 27.5 Å². The molecular formula is C35H37N7O2. The highest BCUT2D eigenvalue weighted by Crippen LogP contribution is 2.32. The predicted octanol–water partition coefficient (Wildman–Crippen LogP) is 7.75. The van der Waals surface area contributed by atoms with E-state index in [4.69, 9.17) is 9.84 Å². The number of nitrogens with zero attached hydrogens (tertiary/aromatic N) is 4. The zero-order chi connectivity index (χ0) is 30.8. The number of hydrogen-bond donors (Lipinski definition) is 3. The Balaban J connectivity index is 1.20. The monoisotopic (exact) mass is 587 g/mol. The van der Waals surface area contributed by atoms with E-state index >= 15 is 0 Å². The second-order valence-electron chi connectivity index (χ2n) is 11.9. The van der Waals surface area contributed by atoms with E-state index in [1.807, 2.05) is 99.2 Å². The number of amides is 2. The molecule has 0 saturated carbocycles. The summed E-state index contributed by atoms with van der Waals surface area (Å²) >= 11 is 0. The summed E-state index contributed by atoms with van der Waals surface area (Å²) in [5.74, 6) is 1.34. The topological polar surface area (TPSA) is 98.0 Å². The number of ether oxygens (including phenoxy) is 1. The number of imidazole rings is 1. The Bertz CT molecular complexity index is 1950. The molecule has 0 fully saturated rings. The Labute approximate surface area is 256 Å². The van der Waals surface area contributed by atoms with Crippen LogP contribution in [0.2, 0.25) is 0 Å². The molecule has 0 bridgehead atoms. The number of fused-ring (bicyclic) bond motifs is 2. The molecule has 6 rings (SSSR count). The van der Waals surface area contributed by atoms with Crippen molar-refractivity contribution in [3.8, 4) is 11.4 Å². The predicted molar refractivity (Wildman–Crippen MR) is 178 cm³/mol. The van der Waals surface area contributed by atoms with E-state index in [0.717, 1.165) is 50.2 Å². The van der Waals surface area contributed by atoms with Crippen molar-refractivity contribution in [2.24, 2.45) is 0 Å². The number of hydrogen-bond acceptors (Lipinski definition) is 5. The van der Waals surface area contributed by atoms with E-state index in [-0.39, 0.29) is 11.4 Å². The van der Waals surface area contributed by atoms with Crippen molar-refractivity contribution in [3.63, 3.8) is 0 Å². The largest absolute Gasteiger partial charge is 0.491 e. The minimum absolute atomic E-state index is 0.185. The van der Waals surface area contributed by atoms with E-state index in [1.165, 1.54) is 0 Å². The van der Waals surface area contributed by atoms with Gasteiger partial charge in [0.25, 0.3) is 0 Å². The fourth-order valence-corrected chi connectivity index (χ4v) is 5.22. The molecule has 2 aromatic heterocycles. The van der Waals surface area contributed by atoms with Crippen LogP contribution in [-0.4, -0.2) is 39.0 Å². The van der Waals surface area contributed by atoms with Crippen LogP contribution in [0.1, 0.15) is 32.0 Å². The van der Waals surface area contributed by atoms with Crippen molar-refractivity contribution in [2.45, 2.75) is 39.7 Å². The molecule has 0 radical (unpaired) electrons. The van der Waals surface area contributed by atoms with Crippen LogP contribution in [0.5, 0.6) is 5.75 Å². The van der Waals surface area contributed by atoms with Gasteiger partial charge in [-0.15, -0.1) is 0 Å². The number of carbonyl (C=O) groups excluding carboxylic acids is 1. The SMILES string of the molecule is CNc1cccc2c1ncn2CCOc1ccc(NC(=O)Nc2cc(C(C)(C)C)nn2-c2ccc(C)cc2)c2ccccc12. The summed E-state index contributed by atoms with van der Waals surface area (Å²) in [6.07, 6.45) is 1.84. The molecule has 2 heterocycles. The highest BCUT2D eigenvalue weighted by molar-refractivity contribution is 6.07. The molecule has 6 aromatic rings. The molecule has 0 aliphatic heterocycles. The van der Waals surface area contributed by atoms with Crippen molar-refractivity contribution >= 4 is 45.0 Å². The number of rotatable bonds is 8. The summed E-state index contributed by atoms with van der Waals surface area (Å²) in [6, 6.07) is 27.4. The third kappa shape index (κ3) is 5.81. The number of carbonyl (C=O) groups is 1. The number of para-hydroxylation sites is 1. The van der Waals surface area contributed by atoms with Gasteiger partial charge in [0.15, 0.2) is 0 Å². The molecule has 0 atom stereocenters. The highest BCUT2D eigenvalue weighted by Gasteiger charge is 2.22. The van der Waals surface area contributed by atoms with Crippen LogP contribution in [0.15, 0.2) is 91.3 Å². The number of urea groups is 1. The minimum Gasteiger partial charge on any atom is -0.491 e. The zero-order valence-electron chi connectivity index (χ0n) is 25.7. The van der Waals surface area contributed by atoms with E-state index in [1.54, 1.807) is 4.68 Å². The molecule has 0 saturated heterocycles. The lowest BCUT2D eigenvalue weighted by Crippen LogP contribution is -2.21. The van der Waals surface area contributed by atoms with Crippen LogP contribution in [0.4, 0.5) is 22.0 Å². The summed E-state index contributed by atoms with van der Waals surface area (Å²) < 4.78 is 10.1. The Kier molecular flexibility index (Phi) is 7.69. The fraction of sp³-hybridized carbons (Fsp3) is 0.229. The Morgan fingerprint density at radius 1 is 0.886 bits per heavy atom. The Morgan fingerprint density at radius 3 is 2.41 bits per heavy atom. The van der Waals surface area contributed by atoms with Crippen molar-refractivity contribution < 1.29 is 9.53 Å². The van der Waals surface area contributed by atoms with Gasteiger partial charge in [-0.1, -0.05) is 68.8 Å². The maximum atomic E-state index is 13.4. The van der Waals surface area contributed by atoms with Crippen LogP contribution in [0, 0.1) is 6.92 Å². The van der Waals surface area contributed by atoms with Gasteiger partial charge in [-0.05, 0) is 43.3 Å². The van der Waals surface area contributed by atoms with E-state index in [2.05, 4.69) is 52.3 Å². The molecule has 44 heavy (non-hydrogen) atoms. The quantitative estimate of drug-likeness (QED) is 0.169. The minimum atomic E-state index is -0.356. The highest BCUT2D eigenvalue weighted by atomic mass is 16.5. The molecule has 9 heteroatoms. The molecule has 3 N–H and O–H groups in total. The number of aromatic nitrogens is 4. The Morgan fingerprint density at radius 2 is 1.66 bits per heavy atom. The van der Waals surface area contributed by atoms with Gasteiger partial charge in [0.2, 0.25) is 0 Å². The van der Waals surface area contributed by atoms with Crippen LogP contribution in [-0.2, 0) is 12.0 Å². The van der Waals surface area contributed by atoms with Gasteiger partial charge in [0.1, 0.15) is 23.7 Å². The number of anilines is 3. The Hall–Kier alpha value is -5.31. The van der Waals surface area contributed by atoms with Crippen molar-refractivity contribution in [1.82, 2.24) is 19.3 Å². The summed E-state index contributed by atoms with van der Waals surface area (Å²) in [4.78, 5) is 17.9. The molecular weight excluding hydrogens is 550 g/mol. The molecule has 2 amide bonds. The second-order valence-corrected chi connectivity index (χ2v) is 11.9. The third-order valence-electron chi connectivity index (χ3n) is 7.64. The van der Waals surface area contributed by atoms with Gasteiger partial charge in [-0.3, -0.25) is 5.32 Å². The standard InChI is InChI=1S/C35H37N7O2/c1-23-13-15-24(16-14-23)42-32(21-31(40-42)35(2,3)4)39-34(43)38-27-17-18-30(26-10-7-6-9-25(26)27)44-20-19-41-22-37-33-28(36-5)11-8-12-29(33)41/h6-18,21-22,36H,19-20H2,1-5H3,(H2,38,39,43). The summed E-state index contributed by atoms with van der Waals surface area (Å²) in [5.41, 5.74) is 6.39. The zero-order valence-corrected chi connectivity index (χ0v) is 25.7. The lowest BCUT2D eigenvalue weighted by atomic mass is 9.92. The van der Waals surface area contributed by atoms with Gasteiger partial charge in [-0.2, -0.15) is 5.10 Å². The molecule has 0 unspecified atom stereocenters. The third-order valence-corrected chi connectivity index (χ3v) is 7.64. The second kappa shape index (κ2) is 11.8. The van der Waals surface area contributed by atoms with Crippen molar-refractivity contribution in [2.75, 3.05) is 29.6 Å². The first-order valence-corrected chi connectivity index (χ1v) is 14.7. The van der Waals surface area contributed by atoms with Crippen molar-refractivity contribution in [1.29, 1.82) is 0 Å². The number of benzene rings is 4. The molecule has 4 aromatic carbocycles. The van der Waals surface area contributed by atoms with Crippen LogP contribution >= 0.6 is 0 Å². The average Bonchev–Trinajstić information content (AvgIpc) is 3.63. The maximum absolute atomic E-state index is 13.4. The molecule has 0 aliphatic carbocycles. The van der Waals surface area contributed by atoms with Gasteiger partial charge in [0, 0.05) is 29.3 Å². The van der Waals surface area contributed by atoms with Gasteiger partial charge < -0.3 is 19.9 Å². The van der Waals surface area contributed by atoms with Crippen LogP contribution < -0.4 is 20.7 Å². The van der Waals surface area contributed by atoms with Crippen LogP contribution in [0.3, 0.4) is 0 Å². The molecule has 0 aliphatic rings. The lowest BCUT2D eigenvalue weighted by Gasteiger charge is -2.15. The molecule has 9 nitrogen and oxygen atoms in total. The first-order valence-electron chi connectivity index (χ1n) is 14.7. The smallest absolute Gasteiger partial charge is 0.324 e. The van der Waals surface area contributed by atoms with E-state index in [9.17, 15) is 4.79 Å². The first kappa shape index (κ1) is 28.8. The molecule has 224 valence electrons. The van der Waals surface area contributed by atoms with Gasteiger partial charge in [-0.25, -0.2) is 14.5 Å². The molecule has 0 spiro atoms. The van der Waals surface area contributed by atoms with E-state index < -0.39 is 0 Å². The van der Waals surface area contributed by atoms with Gasteiger partial charge in [0.05, 0.1) is 41.1 Å². The maximum Gasteiger partial charge on any atom is 0.324 e. The normalized spacial score (nSPS) is 11.6. The van der Waals surface area contributed by atoms with Gasteiger partial charge >= 0.3 is 6.03 Å². The number of nitrogens with one attached hydrogen (secondary N) is 3. The first-order chi connectivity index (χ1) is 21.2.